The van der Waals surface area contributed by atoms with Crippen LogP contribution in [-0.2, 0) is 25.5 Å². The number of amides is 2. The van der Waals surface area contributed by atoms with Gasteiger partial charge in [-0.05, 0) is 36.6 Å². The summed E-state index contributed by atoms with van der Waals surface area (Å²) in [4.78, 5) is 37.2. The van der Waals surface area contributed by atoms with Crippen LogP contribution in [0.1, 0.15) is 26.3 Å². The van der Waals surface area contributed by atoms with Gasteiger partial charge in [-0.15, -0.1) is 0 Å². The van der Waals surface area contributed by atoms with Gasteiger partial charge in [0.15, 0.2) is 6.10 Å². The van der Waals surface area contributed by atoms with Gasteiger partial charge in [-0.3, -0.25) is 9.59 Å². The van der Waals surface area contributed by atoms with Gasteiger partial charge >= 0.3 is 5.97 Å². The Kier molecular flexibility index (Phi) is 8.35. The predicted molar refractivity (Wildman–Crippen MR) is 113 cm³/mol. The van der Waals surface area contributed by atoms with Crippen LogP contribution >= 0.6 is 11.6 Å². The Morgan fingerprint density at radius 3 is 2.33 bits per heavy atom. The van der Waals surface area contributed by atoms with Crippen LogP contribution in [0.3, 0.4) is 0 Å². The lowest BCUT2D eigenvalue weighted by atomic mass is 10.0. The first kappa shape index (κ1) is 23.3. The molecule has 0 saturated heterocycles. The summed E-state index contributed by atoms with van der Waals surface area (Å²) in [5.74, 6) is -2.47. The fourth-order valence-corrected chi connectivity index (χ4v) is 2.84. The second kappa shape index (κ2) is 10.7. The minimum Gasteiger partial charge on any atom is -0.451 e. The first-order valence-electron chi connectivity index (χ1n) is 9.47. The number of esters is 1. The van der Waals surface area contributed by atoms with Crippen LogP contribution in [0.15, 0.2) is 48.5 Å². The van der Waals surface area contributed by atoms with E-state index in [1.54, 1.807) is 13.8 Å². The average molecular weight is 435 g/mol. The standard InChI is InChI=1S/C22H24ClFN2O4/c1-13(2)20(26-19(27)11-15-7-5-4-6-8-15)22(29)30-14(3)21(28)25-18-10-9-16(24)12-17(18)23/h4-10,12-14,20H,11H2,1-3H3,(H,25,28)(H,26,27)/t14?,20-/m0/s1. The number of benzene rings is 2. The topological polar surface area (TPSA) is 84.5 Å². The summed E-state index contributed by atoms with van der Waals surface area (Å²) < 4.78 is 18.4. The summed E-state index contributed by atoms with van der Waals surface area (Å²) in [6, 6.07) is 11.7. The highest BCUT2D eigenvalue weighted by Crippen LogP contribution is 2.22. The maximum atomic E-state index is 13.1. The molecule has 2 atom stereocenters. The van der Waals surface area contributed by atoms with Gasteiger partial charge in [0.05, 0.1) is 17.1 Å². The molecule has 0 radical (unpaired) electrons. The van der Waals surface area contributed by atoms with Crippen molar-refractivity contribution >= 4 is 35.1 Å². The van der Waals surface area contributed by atoms with E-state index < -0.39 is 29.8 Å². The maximum Gasteiger partial charge on any atom is 0.329 e. The molecule has 0 spiro atoms. The zero-order chi connectivity index (χ0) is 22.3. The molecule has 2 aromatic rings. The van der Waals surface area contributed by atoms with E-state index in [1.165, 1.54) is 13.0 Å². The normalized spacial score (nSPS) is 12.7. The van der Waals surface area contributed by atoms with Crippen molar-refractivity contribution in [1.82, 2.24) is 5.32 Å². The van der Waals surface area contributed by atoms with Crippen molar-refractivity contribution in [3.63, 3.8) is 0 Å². The van der Waals surface area contributed by atoms with Crippen molar-refractivity contribution < 1.29 is 23.5 Å². The lowest BCUT2D eigenvalue weighted by molar-refractivity contribution is -0.157. The molecule has 0 saturated carbocycles. The molecular formula is C22H24ClFN2O4. The van der Waals surface area contributed by atoms with Crippen molar-refractivity contribution in [3.05, 3.63) is 64.9 Å². The Bertz CT molecular complexity index is 905. The molecule has 1 unspecified atom stereocenters. The summed E-state index contributed by atoms with van der Waals surface area (Å²) >= 11 is 5.89. The fraction of sp³-hybridized carbons (Fsp3) is 0.318. The highest BCUT2D eigenvalue weighted by molar-refractivity contribution is 6.33. The minimum absolute atomic E-state index is 0.0232. The highest BCUT2D eigenvalue weighted by Gasteiger charge is 2.29. The van der Waals surface area contributed by atoms with E-state index in [1.807, 2.05) is 30.3 Å². The Labute approximate surface area is 179 Å². The molecule has 0 bridgehead atoms. The van der Waals surface area contributed by atoms with Gasteiger partial charge in [-0.1, -0.05) is 55.8 Å². The molecule has 0 heterocycles. The third-order valence-electron chi connectivity index (χ3n) is 4.30. The third kappa shape index (κ3) is 6.84. The molecule has 0 aliphatic rings. The van der Waals surface area contributed by atoms with Crippen LogP contribution < -0.4 is 10.6 Å². The summed E-state index contributed by atoms with van der Waals surface area (Å²) in [5, 5.41) is 5.17. The summed E-state index contributed by atoms with van der Waals surface area (Å²) in [6.45, 7) is 4.92. The number of anilines is 1. The molecule has 8 heteroatoms. The number of nitrogens with one attached hydrogen (secondary N) is 2. The second-order valence-electron chi connectivity index (χ2n) is 7.14. The smallest absolute Gasteiger partial charge is 0.329 e. The first-order valence-corrected chi connectivity index (χ1v) is 9.85. The molecular weight excluding hydrogens is 411 g/mol. The third-order valence-corrected chi connectivity index (χ3v) is 4.61. The Morgan fingerprint density at radius 2 is 1.73 bits per heavy atom. The van der Waals surface area contributed by atoms with Crippen molar-refractivity contribution in [2.75, 3.05) is 5.32 Å². The second-order valence-corrected chi connectivity index (χ2v) is 7.55. The van der Waals surface area contributed by atoms with Gasteiger partial charge in [0.25, 0.3) is 5.91 Å². The molecule has 0 fully saturated rings. The zero-order valence-electron chi connectivity index (χ0n) is 16.9. The molecule has 30 heavy (non-hydrogen) atoms. The van der Waals surface area contributed by atoms with E-state index in [4.69, 9.17) is 16.3 Å². The molecule has 2 aromatic carbocycles. The monoisotopic (exact) mass is 434 g/mol. The Balaban J connectivity index is 1.95. The van der Waals surface area contributed by atoms with E-state index in [0.717, 1.165) is 17.7 Å². The molecule has 6 nitrogen and oxygen atoms in total. The van der Waals surface area contributed by atoms with Crippen LogP contribution in [-0.4, -0.2) is 29.9 Å². The van der Waals surface area contributed by atoms with Gasteiger partial charge in [0.2, 0.25) is 5.91 Å². The van der Waals surface area contributed by atoms with Crippen LogP contribution in [0.5, 0.6) is 0 Å². The predicted octanol–water partition coefficient (Wildman–Crippen LogP) is 3.73. The molecule has 0 aliphatic heterocycles. The van der Waals surface area contributed by atoms with Crippen LogP contribution in [0.4, 0.5) is 10.1 Å². The van der Waals surface area contributed by atoms with Crippen molar-refractivity contribution in [1.29, 1.82) is 0 Å². The average Bonchev–Trinajstić information content (AvgIpc) is 2.68. The molecule has 160 valence electrons. The summed E-state index contributed by atoms with van der Waals surface area (Å²) in [7, 11) is 0. The Morgan fingerprint density at radius 1 is 1.07 bits per heavy atom. The molecule has 2 N–H and O–H groups in total. The van der Waals surface area contributed by atoms with Gasteiger partial charge in [-0.2, -0.15) is 0 Å². The Hall–Kier alpha value is -2.93. The quantitative estimate of drug-likeness (QED) is 0.620. The van der Waals surface area contributed by atoms with Gasteiger partial charge in [-0.25, -0.2) is 9.18 Å². The van der Waals surface area contributed by atoms with Crippen LogP contribution in [0.25, 0.3) is 0 Å². The van der Waals surface area contributed by atoms with Gasteiger partial charge in [0, 0.05) is 0 Å². The maximum absolute atomic E-state index is 13.1. The minimum atomic E-state index is -1.15. The van der Waals surface area contributed by atoms with Crippen molar-refractivity contribution in [2.45, 2.75) is 39.3 Å². The van der Waals surface area contributed by atoms with Crippen molar-refractivity contribution in [3.8, 4) is 0 Å². The number of hydrogen-bond acceptors (Lipinski definition) is 4. The zero-order valence-corrected chi connectivity index (χ0v) is 17.7. The van der Waals surface area contributed by atoms with Gasteiger partial charge in [0.1, 0.15) is 11.9 Å². The molecule has 2 rings (SSSR count). The van der Waals surface area contributed by atoms with Crippen molar-refractivity contribution in [2.24, 2.45) is 5.92 Å². The van der Waals surface area contributed by atoms with E-state index in [9.17, 15) is 18.8 Å². The molecule has 0 aromatic heterocycles. The number of carbonyl (C=O) groups is 3. The lowest BCUT2D eigenvalue weighted by Gasteiger charge is -2.23. The van der Waals surface area contributed by atoms with E-state index in [2.05, 4.69) is 10.6 Å². The van der Waals surface area contributed by atoms with Crippen LogP contribution in [0.2, 0.25) is 5.02 Å². The SMILES string of the molecule is CC(OC(=O)[C@@H](NC(=O)Cc1ccccc1)C(C)C)C(=O)Nc1ccc(F)cc1Cl. The largest absolute Gasteiger partial charge is 0.451 e. The molecule has 0 aliphatic carbocycles. The van der Waals surface area contributed by atoms with E-state index in [0.29, 0.717) is 0 Å². The first-order chi connectivity index (χ1) is 14.2. The van der Waals surface area contributed by atoms with Gasteiger partial charge < -0.3 is 15.4 Å². The number of rotatable bonds is 8. The number of carbonyl (C=O) groups excluding carboxylic acids is 3. The van der Waals surface area contributed by atoms with E-state index >= 15 is 0 Å². The number of ether oxygens (including phenoxy) is 1. The van der Waals surface area contributed by atoms with E-state index in [-0.39, 0.29) is 29.0 Å². The number of halogens is 2. The highest BCUT2D eigenvalue weighted by atomic mass is 35.5. The van der Waals surface area contributed by atoms with Crippen LogP contribution in [0, 0.1) is 11.7 Å². The number of hydrogen-bond donors (Lipinski definition) is 2. The summed E-state index contributed by atoms with van der Waals surface area (Å²) in [6.07, 6.45) is -1.03. The summed E-state index contributed by atoms with van der Waals surface area (Å²) in [5.41, 5.74) is 1.01. The lowest BCUT2D eigenvalue weighted by Crippen LogP contribution is -2.47. The molecule has 2 amide bonds. The fourth-order valence-electron chi connectivity index (χ4n) is 2.63.